The van der Waals surface area contributed by atoms with Crippen LogP contribution < -0.4 is 14.4 Å². The summed E-state index contributed by atoms with van der Waals surface area (Å²) in [4.78, 5) is 6.01. The van der Waals surface area contributed by atoms with E-state index in [2.05, 4.69) is 25.6 Å². The molecule has 2 heterocycles. The number of ether oxygens (including phenoxy) is 2. The summed E-state index contributed by atoms with van der Waals surface area (Å²) in [6.45, 7) is 0. The average molecular weight is 459 g/mol. The largest absolute Gasteiger partial charge is 0.493 e. The highest BCUT2D eigenvalue weighted by atomic mass is 16.5. The Hall–Kier alpha value is -3.98. The van der Waals surface area contributed by atoms with E-state index in [9.17, 15) is 5.11 Å². The zero-order chi connectivity index (χ0) is 23.3. The second kappa shape index (κ2) is 9.88. The summed E-state index contributed by atoms with van der Waals surface area (Å²) in [5, 5.41) is 25.6. The Morgan fingerprint density at radius 2 is 1.82 bits per heavy atom. The molecule has 9 heteroatoms. The van der Waals surface area contributed by atoms with Crippen molar-refractivity contribution in [1.82, 2.24) is 25.6 Å². The van der Waals surface area contributed by atoms with Crippen LogP contribution in [0.3, 0.4) is 0 Å². The van der Waals surface area contributed by atoms with Gasteiger partial charge in [-0.15, -0.1) is 10.2 Å². The monoisotopic (exact) mass is 458 g/mol. The molecule has 0 radical (unpaired) electrons. The fourth-order valence-electron chi connectivity index (χ4n) is 4.26. The van der Waals surface area contributed by atoms with Crippen LogP contribution in [0.25, 0.3) is 11.4 Å². The molecule has 4 aromatic rings. The van der Waals surface area contributed by atoms with Crippen LogP contribution in [0, 0.1) is 0 Å². The number of methoxy groups -OCH3 is 1. The summed E-state index contributed by atoms with van der Waals surface area (Å²) >= 11 is 0. The van der Waals surface area contributed by atoms with Crippen molar-refractivity contribution >= 4 is 11.4 Å². The molecule has 0 aliphatic heterocycles. The Labute approximate surface area is 197 Å². The van der Waals surface area contributed by atoms with Crippen LogP contribution in [0.2, 0.25) is 0 Å². The van der Waals surface area contributed by atoms with Gasteiger partial charge in [-0.3, -0.25) is 4.98 Å². The van der Waals surface area contributed by atoms with Crippen molar-refractivity contribution in [2.45, 2.75) is 38.0 Å². The maximum Gasteiger partial charge on any atom is 0.204 e. The number of hydrogen-bond acceptors (Lipinski definition) is 8. The van der Waals surface area contributed by atoms with Gasteiger partial charge in [0.1, 0.15) is 0 Å². The van der Waals surface area contributed by atoms with Gasteiger partial charge < -0.3 is 19.5 Å². The van der Waals surface area contributed by atoms with E-state index in [0.717, 1.165) is 29.8 Å². The van der Waals surface area contributed by atoms with Crippen LogP contribution in [0.4, 0.5) is 11.4 Å². The lowest BCUT2D eigenvalue weighted by atomic mass is 10.1. The van der Waals surface area contributed by atoms with E-state index >= 15 is 0 Å². The molecule has 1 aliphatic rings. The van der Waals surface area contributed by atoms with Crippen molar-refractivity contribution in [3.05, 3.63) is 72.6 Å². The number of aromatic nitrogens is 5. The smallest absolute Gasteiger partial charge is 0.204 e. The van der Waals surface area contributed by atoms with Gasteiger partial charge in [0.15, 0.2) is 17.7 Å². The molecule has 2 aromatic heterocycles. The molecule has 1 fully saturated rings. The van der Waals surface area contributed by atoms with E-state index in [1.54, 1.807) is 25.6 Å². The van der Waals surface area contributed by atoms with Gasteiger partial charge in [0.2, 0.25) is 5.82 Å². The second-order valence-electron chi connectivity index (χ2n) is 8.17. The number of nitrogens with zero attached hydrogens (tertiary/aromatic N) is 5. The second-order valence-corrected chi connectivity index (χ2v) is 8.17. The molecular formula is C25H26N6O3. The first-order chi connectivity index (χ1) is 16.7. The van der Waals surface area contributed by atoms with E-state index in [0.29, 0.717) is 22.9 Å². The van der Waals surface area contributed by atoms with E-state index in [1.165, 1.54) is 12.8 Å². The Balaban J connectivity index is 1.54. The van der Waals surface area contributed by atoms with E-state index < -0.39 is 6.23 Å². The van der Waals surface area contributed by atoms with Gasteiger partial charge in [0.05, 0.1) is 13.2 Å². The molecule has 0 spiro atoms. The minimum absolute atomic E-state index is 0.176. The van der Waals surface area contributed by atoms with Crippen molar-refractivity contribution in [2.24, 2.45) is 0 Å². The first-order valence-electron chi connectivity index (χ1n) is 11.3. The van der Waals surface area contributed by atoms with Crippen LogP contribution in [-0.4, -0.2) is 43.9 Å². The molecule has 2 aromatic carbocycles. The van der Waals surface area contributed by atoms with Crippen LogP contribution in [0.15, 0.2) is 67.0 Å². The van der Waals surface area contributed by atoms with Gasteiger partial charge in [0, 0.05) is 41.0 Å². The third-order valence-corrected chi connectivity index (χ3v) is 6.00. The number of anilines is 2. The predicted octanol–water partition coefficient (Wildman–Crippen LogP) is 4.42. The lowest BCUT2D eigenvalue weighted by molar-refractivity contribution is 0.183. The number of H-pyrrole nitrogens is 1. The zero-order valence-corrected chi connectivity index (χ0v) is 18.8. The number of hydrogen-bond donors (Lipinski definition) is 2. The van der Waals surface area contributed by atoms with Crippen molar-refractivity contribution in [3.63, 3.8) is 0 Å². The molecule has 174 valence electrons. The Bertz CT molecular complexity index is 1200. The highest BCUT2D eigenvalue weighted by Crippen LogP contribution is 2.40. The van der Waals surface area contributed by atoms with Gasteiger partial charge in [-0.05, 0) is 73.4 Å². The molecule has 34 heavy (non-hydrogen) atoms. The van der Waals surface area contributed by atoms with Crippen LogP contribution in [-0.2, 0) is 0 Å². The zero-order valence-electron chi connectivity index (χ0n) is 18.8. The third-order valence-electron chi connectivity index (χ3n) is 6.00. The first-order valence-corrected chi connectivity index (χ1v) is 11.3. The molecule has 1 saturated carbocycles. The number of aliphatic hydroxyl groups excluding tert-OH is 1. The molecule has 0 bridgehead atoms. The summed E-state index contributed by atoms with van der Waals surface area (Å²) in [6, 6.07) is 17.0. The van der Waals surface area contributed by atoms with Crippen molar-refractivity contribution < 1.29 is 14.6 Å². The molecule has 2 N–H and O–H groups in total. The molecule has 0 amide bonds. The van der Waals surface area contributed by atoms with Crippen LogP contribution in [0.5, 0.6) is 11.5 Å². The quantitative estimate of drug-likeness (QED) is 0.374. The highest BCUT2D eigenvalue weighted by Gasteiger charge is 2.24. The maximum absolute atomic E-state index is 11.4. The summed E-state index contributed by atoms with van der Waals surface area (Å²) in [6.07, 6.45) is 6.95. The number of tetrazole rings is 1. The molecule has 5 rings (SSSR count). The molecule has 1 unspecified atom stereocenters. The van der Waals surface area contributed by atoms with Gasteiger partial charge >= 0.3 is 0 Å². The number of rotatable bonds is 8. The molecular weight excluding hydrogens is 432 g/mol. The van der Waals surface area contributed by atoms with Crippen LogP contribution in [0.1, 0.15) is 37.5 Å². The third kappa shape index (κ3) is 4.55. The minimum Gasteiger partial charge on any atom is -0.493 e. The fourth-order valence-corrected chi connectivity index (χ4v) is 4.26. The number of benzene rings is 2. The van der Waals surface area contributed by atoms with Crippen LogP contribution >= 0.6 is 0 Å². The van der Waals surface area contributed by atoms with E-state index in [4.69, 9.17) is 9.47 Å². The lowest BCUT2D eigenvalue weighted by Crippen LogP contribution is -2.24. The van der Waals surface area contributed by atoms with Gasteiger partial charge in [-0.2, -0.15) is 5.21 Å². The average Bonchev–Trinajstić information content (AvgIpc) is 3.60. The maximum atomic E-state index is 11.4. The van der Waals surface area contributed by atoms with Gasteiger partial charge in [0.25, 0.3) is 0 Å². The number of aliphatic hydroxyl groups is 1. The number of nitrogens with one attached hydrogen (secondary N) is 1. The number of pyridine rings is 1. The highest BCUT2D eigenvalue weighted by molar-refractivity contribution is 5.70. The van der Waals surface area contributed by atoms with Crippen molar-refractivity contribution in [1.29, 1.82) is 0 Å². The van der Waals surface area contributed by atoms with Crippen molar-refractivity contribution in [2.75, 3.05) is 12.0 Å². The van der Waals surface area contributed by atoms with E-state index in [-0.39, 0.29) is 6.10 Å². The summed E-state index contributed by atoms with van der Waals surface area (Å²) in [5.74, 6) is 1.83. The fraction of sp³-hybridized carbons (Fsp3) is 0.280. The minimum atomic E-state index is -0.975. The topological polar surface area (TPSA) is 109 Å². The summed E-state index contributed by atoms with van der Waals surface area (Å²) in [7, 11) is 1.63. The standard InChI is InChI=1S/C25H26N6O3/c1-33-22-13-12-20(15-23(22)34-21-6-2-3-7-21)31(25(32)18-5-4-14-26-16-18)19-10-8-17(9-11-19)24-27-29-30-28-24/h4-5,8-16,21,25,32H,2-3,6-7H2,1H3,(H,27,28,29,30). The Kier molecular flexibility index (Phi) is 6.35. The first kappa shape index (κ1) is 21.8. The van der Waals surface area contributed by atoms with Gasteiger partial charge in [-0.1, -0.05) is 6.07 Å². The predicted molar refractivity (Wildman–Crippen MR) is 127 cm³/mol. The normalized spacial score (nSPS) is 14.6. The molecule has 0 saturated heterocycles. The van der Waals surface area contributed by atoms with Gasteiger partial charge in [-0.25, -0.2) is 0 Å². The lowest BCUT2D eigenvalue weighted by Gasteiger charge is -2.31. The SMILES string of the molecule is COc1ccc(N(c2ccc(-c3nn[nH]n3)cc2)C(O)c2cccnc2)cc1OC1CCCC1. The number of aromatic amines is 1. The van der Waals surface area contributed by atoms with Crippen molar-refractivity contribution in [3.8, 4) is 22.9 Å². The van der Waals surface area contributed by atoms with E-state index in [1.807, 2.05) is 53.4 Å². The Morgan fingerprint density at radius 1 is 1.03 bits per heavy atom. The summed E-state index contributed by atoms with van der Waals surface area (Å²) in [5.41, 5.74) is 3.02. The molecule has 1 aliphatic carbocycles. The molecule has 9 nitrogen and oxygen atoms in total. The Morgan fingerprint density at radius 3 is 2.50 bits per heavy atom. The summed E-state index contributed by atoms with van der Waals surface area (Å²) < 4.78 is 11.9. The molecule has 1 atom stereocenters.